The Kier molecular flexibility index (Phi) is 7.26. The molecule has 0 bridgehead atoms. The maximum Gasteiger partial charge on any atom is 0.341 e. The number of nitrogens with zero attached hydrogens (tertiary/aromatic N) is 2. The minimum atomic E-state index is -1.19. The summed E-state index contributed by atoms with van der Waals surface area (Å²) in [7, 11) is 0. The Bertz CT molecular complexity index is 1220. The SMILES string of the molecule is CCOc1cc(/C=C2\C(=O)NC(=O)N(c3ccc([N+](=O)[O-])cc3)C2=O)cc(Br)c1OCC(=O)O. The zero-order valence-electron chi connectivity index (χ0n) is 17.4. The van der Waals surface area contributed by atoms with Gasteiger partial charge in [0, 0.05) is 12.1 Å². The third-order valence-electron chi connectivity index (χ3n) is 4.40. The van der Waals surface area contributed by atoms with Crippen molar-refractivity contribution < 1.29 is 38.7 Å². The number of ether oxygens (including phenoxy) is 2. The van der Waals surface area contributed by atoms with E-state index in [0.29, 0.717) is 14.9 Å². The van der Waals surface area contributed by atoms with Crippen molar-refractivity contribution in [2.24, 2.45) is 0 Å². The molecule has 0 atom stereocenters. The lowest BCUT2D eigenvalue weighted by atomic mass is 10.1. The molecule has 176 valence electrons. The van der Waals surface area contributed by atoms with Crippen LogP contribution >= 0.6 is 15.9 Å². The number of nitro groups is 1. The van der Waals surface area contributed by atoms with Gasteiger partial charge in [-0.25, -0.2) is 14.5 Å². The van der Waals surface area contributed by atoms with Crippen LogP contribution in [0.1, 0.15) is 12.5 Å². The monoisotopic (exact) mass is 533 g/mol. The van der Waals surface area contributed by atoms with Gasteiger partial charge in [-0.3, -0.25) is 25.0 Å². The lowest BCUT2D eigenvalue weighted by Gasteiger charge is -2.26. The lowest BCUT2D eigenvalue weighted by molar-refractivity contribution is -0.384. The number of nitrogens with one attached hydrogen (secondary N) is 1. The second kappa shape index (κ2) is 10.1. The van der Waals surface area contributed by atoms with E-state index in [2.05, 4.69) is 21.2 Å². The third kappa shape index (κ3) is 5.20. The van der Waals surface area contributed by atoms with Crippen molar-refractivity contribution >= 4 is 57.2 Å². The number of halogens is 1. The van der Waals surface area contributed by atoms with Crippen molar-refractivity contribution in [3.8, 4) is 11.5 Å². The normalized spacial score (nSPS) is 14.7. The summed E-state index contributed by atoms with van der Waals surface area (Å²) in [5.74, 6) is -2.79. The molecule has 0 spiro atoms. The van der Waals surface area contributed by atoms with Gasteiger partial charge in [-0.2, -0.15) is 0 Å². The van der Waals surface area contributed by atoms with E-state index in [1.165, 1.54) is 30.3 Å². The zero-order valence-corrected chi connectivity index (χ0v) is 19.0. The number of amides is 4. The van der Waals surface area contributed by atoms with E-state index in [-0.39, 0.29) is 35.1 Å². The van der Waals surface area contributed by atoms with Gasteiger partial charge in [0.25, 0.3) is 17.5 Å². The molecule has 0 aliphatic carbocycles. The molecule has 2 N–H and O–H groups in total. The fraction of sp³-hybridized carbons (Fsp3) is 0.143. The van der Waals surface area contributed by atoms with Crippen LogP contribution in [0.5, 0.6) is 11.5 Å². The molecule has 0 unspecified atom stereocenters. The van der Waals surface area contributed by atoms with E-state index in [1.54, 1.807) is 6.92 Å². The molecule has 1 saturated heterocycles. The molecular formula is C21H16BrN3O9. The highest BCUT2D eigenvalue weighted by atomic mass is 79.9. The van der Waals surface area contributed by atoms with Gasteiger partial charge in [-0.05, 0) is 58.8 Å². The number of non-ortho nitro benzene ring substituents is 1. The van der Waals surface area contributed by atoms with Gasteiger partial charge in [-0.1, -0.05) is 0 Å². The fourth-order valence-corrected chi connectivity index (χ4v) is 3.56. The number of anilines is 1. The molecule has 3 rings (SSSR count). The lowest BCUT2D eigenvalue weighted by Crippen LogP contribution is -2.54. The molecule has 2 aromatic rings. The maximum atomic E-state index is 13.0. The molecule has 1 aliphatic heterocycles. The van der Waals surface area contributed by atoms with Crippen LogP contribution in [0.2, 0.25) is 0 Å². The quantitative estimate of drug-likeness (QED) is 0.224. The van der Waals surface area contributed by atoms with E-state index in [1.807, 2.05) is 0 Å². The van der Waals surface area contributed by atoms with Crippen LogP contribution in [0, 0.1) is 10.1 Å². The second-order valence-corrected chi connectivity index (χ2v) is 7.53. The van der Waals surface area contributed by atoms with E-state index in [9.17, 15) is 29.3 Å². The Morgan fingerprint density at radius 3 is 2.47 bits per heavy atom. The van der Waals surface area contributed by atoms with Crippen molar-refractivity contribution in [1.82, 2.24) is 5.32 Å². The number of hydrogen-bond acceptors (Lipinski definition) is 8. The molecule has 0 radical (unpaired) electrons. The Morgan fingerprint density at radius 1 is 1.21 bits per heavy atom. The van der Waals surface area contributed by atoms with Crippen LogP contribution < -0.4 is 19.7 Å². The molecule has 4 amide bonds. The number of carboxylic acid groups (broad SMARTS) is 1. The topological polar surface area (TPSA) is 165 Å². The number of carbonyl (C=O) groups is 4. The first-order valence-electron chi connectivity index (χ1n) is 9.59. The largest absolute Gasteiger partial charge is 0.490 e. The number of barbiturate groups is 1. The highest BCUT2D eigenvalue weighted by Crippen LogP contribution is 2.38. The van der Waals surface area contributed by atoms with Crippen molar-refractivity contribution in [3.05, 3.63) is 62.1 Å². The summed E-state index contributed by atoms with van der Waals surface area (Å²) in [5, 5.41) is 21.8. The number of carboxylic acids is 1. The van der Waals surface area contributed by atoms with Crippen molar-refractivity contribution in [3.63, 3.8) is 0 Å². The van der Waals surface area contributed by atoms with Crippen LogP contribution in [0.4, 0.5) is 16.2 Å². The highest BCUT2D eigenvalue weighted by molar-refractivity contribution is 9.10. The number of imide groups is 2. The minimum absolute atomic E-state index is 0.0279. The van der Waals surface area contributed by atoms with Gasteiger partial charge in [0.1, 0.15) is 5.57 Å². The Labute approximate surface area is 200 Å². The van der Waals surface area contributed by atoms with Gasteiger partial charge in [-0.15, -0.1) is 0 Å². The average molecular weight is 534 g/mol. The molecule has 12 nitrogen and oxygen atoms in total. The molecule has 2 aromatic carbocycles. The Morgan fingerprint density at radius 2 is 1.88 bits per heavy atom. The van der Waals surface area contributed by atoms with E-state index in [4.69, 9.17) is 14.6 Å². The summed E-state index contributed by atoms with van der Waals surface area (Å²) in [6.07, 6.45) is 1.22. The molecule has 0 aromatic heterocycles. The summed E-state index contributed by atoms with van der Waals surface area (Å²) in [6, 6.07) is 6.57. The number of rotatable bonds is 8. The average Bonchev–Trinajstić information content (AvgIpc) is 2.76. The summed E-state index contributed by atoms with van der Waals surface area (Å²) in [5.41, 5.74) is -0.278. The number of hydrogen-bond donors (Lipinski definition) is 2. The van der Waals surface area contributed by atoms with Crippen LogP contribution in [0.25, 0.3) is 6.08 Å². The maximum absolute atomic E-state index is 13.0. The number of nitro benzene ring substituents is 1. The first-order valence-corrected chi connectivity index (χ1v) is 10.4. The molecule has 1 heterocycles. The van der Waals surface area contributed by atoms with Gasteiger partial charge in [0.05, 0.1) is 21.7 Å². The standard InChI is InChI=1S/C21H16BrN3O9/c1-2-33-16-9-11(8-15(22)18(16)34-10-17(26)27)7-14-19(28)23-21(30)24(20(14)29)12-3-5-13(6-4-12)25(31)32/h3-9H,2,10H2,1H3,(H,26,27)(H,23,28,30)/b14-7+. The number of carbonyl (C=O) groups excluding carboxylic acids is 3. The number of aliphatic carboxylic acids is 1. The predicted octanol–water partition coefficient (Wildman–Crippen LogP) is 2.89. The molecule has 1 aliphatic rings. The Hall–Kier alpha value is -4.26. The van der Waals surface area contributed by atoms with Gasteiger partial charge < -0.3 is 14.6 Å². The molecular weight excluding hydrogens is 518 g/mol. The smallest absolute Gasteiger partial charge is 0.341 e. The molecule has 1 fully saturated rings. The summed E-state index contributed by atoms with van der Waals surface area (Å²) >= 11 is 3.26. The van der Waals surface area contributed by atoms with Gasteiger partial charge >= 0.3 is 12.0 Å². The second-order valence-electron chi connectivity index (χ2n) is 6.68. The van der Waals surface area contributed by atoms with Crippen molar-refractivity contribution in [2.45, 2.75) is 6.92 Å². The van der Waals surface area contributed by atoms with E-state index >= 15 is 0 Å². The van der Waals surface area contributed by atoms with Crippen LogP contribution in [-0.2, 0) is 14.4 Å². The zero-order chi connectivity index (χ0) is 25.0. The molecule has 0 saturated carbocycles. The first-order chi connectivity index (χ1) is 16.1. The van der Waals surface area contributed by atoms with Gasteiger partial charge in [0.15, 0.2) is 18.1 Å². The summed E-state index contributed by atoms with van der Waals surface area (Å²) in [6.45, 7) is 1.30. The van der Waals surface area contributed by atoms with Crippen LogP contribution in [0.15, 0.2) is 46.4 Å². The van der Waals surface area contributed by atoms with E-state index < -0.39 is 35.3 Å². The Balaban J connectivity index is 1.99. The van der Waals surface area contributed by atoms with Gasteiger partial charge in [0.2, 0.25) is 0 Å². The predicted molar refractivity (Wildman–Crippen MR) is 121 cm³/mol. The fourth-order valence-electron chi connectivity index (χ4n) is 2.99. The number of benzene rings is 2. The number of urea groups is 1. The van der Waals surface area contributed by atoms with Crippen molar-refractivity contribution in [2.75, 3.05) is 18.1 Å². The summed E-state index contributed by atoms with van der Waals surface area (Å²) in [4.78, 5) is 59.5. The van der Waals surface area contributed by atoms with E-state index in [0.717, 1.165) is 12.1 Å². The first kappa shape index (κ1) is 24.4. The van der Waals surface area contributed by atoms with Crippen molar-refractivity contribution in [1.29, 1.82) is 0 Å². The molecule has 34 heavy (non-hydrogen) atoms. The summed E-state index contributed by atoms with van der Waals surface area (Å²) < 4.78 is 11.0. The molecule has 13 heteroatoms. The highest BCUT2D eigenvalue weighted by Gasteiger charge is 2.37. The van der Waals surface area contributed by atoms with Crippen LogP contribution in [-0.4, -0.2) is 47.1 Å². The third-order valence-corrected chi connectivity index (χ3v) is 4.99. The van der Waals surface area contributed by atoms with Crippen LogP contribution in [0.3, 0.4) is 0 Å². The minimum Gasteiger partial charge on any atom is -0.490 e.